The molecule has 2 fully saturated rings. The first-order valence-electron chi connectivity index (χ1n) is 21.4. The first-order chi connectivity index (χ1) is 28.8. The summed E-state index contributed by atoms with van der Waals surface area (Å²) in [4.78, 5) is 44.5. The Morgan fingerprint density at radius 1 is 0.881 bits per heavy atom. The van der Waals surface area contributed by atoms with E-state index in [-0.39, 0.29) is 22.6 Å². The number of benzene rings is 3. The van der Waals surface area contributed by atoms with Crippen LogP contribution in [0.3, 0.4) is 0 Å². The van der Waals surface area contributed by atoms with Gasteiger partial charge < -0.3 is 44.6 Å². The second-order valence-electron chi connectivity index (χ2n) is 15.6. The van der Waals surface area contributed by atoms with Gasteiger partial charge in [0.2, 0.25) is 11.3 Å². The number of para-hydroxylation sites is 1. The van der Waals surface area contributed by atoms with Crippen LogP contribution in [0.25, 0.3) is 38.5 Å². The Morgan fingerprint density at radius 3 is 2.42 bits per heavy atom. The van der Waals surface area contributed by atoms with Gasteiger partial charge in [0.15, 0.2) is 17.3 Å². The lowest BCUT2D eigenvalue weighted by Crippen LogP contribution is -2.38. The van der Waals surface area contributed by atoms with Crippen LogP contribution in [0.4, 0.5) is 10.1 Å². The number of anilines is 1. The molecule has 59 heavy (non-hydrogen) atoms. The van der Waals surface area contributed by atoms with Gasteiger partial charge in [0.1, 0.15) is 27.9 Å². The zero-order valence-electron chi connectivity index (χ0n) is 34.5. The van der Waals surface area contributed by atoms with Crippen LogP contribution in [0.1, 0.15) is 69.2 Å². The highest BCUT2D eigenvalue weighted by molar-refractivity contribution is 6.07. The van der Waals surface area contributed by atoms with E-state index in [1.807, 2.05) is 48.2 Å². The van der Waals surface area contributed by atoms with Gasteiger partial charge in [0.05, 0.1) is 24.3 Å². The van der Waals surface area contributed by atoms with Crippen LogP contribution in [-0.2, 0) is 9.53 Å². The molecule has 13 nitrogen and oxygen atoms in total. The summed E-state index contributed by atoms with van der Waals surface area (Å²) in [7, 11) is 0. The van der Waals surface area contributed by atoms with Crippen molar-refractivity contribution in [2.45, 2.75) is 58.8 Å². The number of morpholine rings is 1. The predicted molar refractivity (Wildman–Crippen MR) is 231 cm³/mol. The number of fused-ring (bicyclic) bond motifs is 5. The lowest BCUT2D eigenvalue weighted by molar-refractivity contribution is -0.117. The maximum atomic E-state index is 16.1. The number of nitrogens with one attached hydrogen (secondary N) is 2. The zero-order chi connectivity index (χ0) is 41.3. The summed E-state index contributed by atoms with van der Waals surface area (Å²) < 4.78 is 36.0. The molecule has 0 unspecified atom stereocenters. The minimum Gasteiger partial charge on any atom is -0.456 e. The second kappa shape index (κ2) is 19.8. The first kappa shape index (κ1) is 42.1. The molecule has 0 bridgehead atoms. The van der Waals surface area contributed by atoms with E-state index < -0.39 is 17.2 Å². The Labute approximate surface area is 344 Å². The summed E-state index contributed by atoms with van der Waals surface area (Å²) >= 11 is 0. The quantitative estimate of drug-likeness (QED) is 0.0973. The summed E-state index contributed by atoms with van der Waals surface area (Å²) in [6.07, 6.45) is 8.62. The molecule has 3 aliphatic heterocycles. The van der Waals surface area contributed by atoms with Crippen molar-refractivity contribution in [1.29, 1.82) is 0 Å². The number of aromatic nitrogens is 1. The number of furan rings is 1. The van der Waals surface area contributed by atoms with Crippen molar-refractivity contribution in [3.05, 3.63) is 70.3 Å². The zero-order valence-corrected chi connectivity index (χ0v) is 34.5. The SMILES string of the molecule is CCCCN(CC)c1c(F)cc2c(=O)c(C(=O)NCCCN3CCOCC3)cn3c2c1Oc1cc2c(cc1-3)oc1ccccc12.NC(=O)CCNCCN1CCCCC1. The van der Waals surface area contributed by atoms with E-state index in [9.17, 15) is 14.4 Å². The second-order valence-corrected chi connectivity index (χ2v) is 15.6. The molecular weight excluding hydrogens is 754 g/mol. The Hall–Kier alpha value is -5.02. The summed E-state index contributed by atoms with van der Waals surface area (Å²) in [5.41, 5.74) is 7.17. The molecule has 3 aliphatic rings. The number of hydrogen-bond donors (Lipinski definition) is 3. The van der Waals surface area contributed by atoms with Crippen LogP contribution in [0.2, 0.25) is 0 Å². The number of carbonyl (C=O) groups excluding carboxylic acids is 2. The topological polar surface area (TPSA) is 148 Å². The number of piperidine rings is 1. The molecule has 0 spiro atoms. The number of nitrogens with two attached hydrogens (primary N) is 1. The molecule has 3 aromatic carbocycles. The van der Waals surface area contributed by atoms with Crippen LogP contribution < -0.4 is 31.4 Å². The molecule has 2 saturated heterocycles. The summed E-state index contributed by atoms with van der Waals surface area (Å²) in [6.45, 7) is 14.9. The number of unbranched alkanes of at least 4 members (excludes halogenated alkanes) is 1. The molecule has 0 aliphatic carbocycles. The van der Waals surface area contributed by atoms with E-state index in [1.165, 1.54) is 38.4 Å². The third kappa shape index (κ3) is 9.73. The lowest BCUT2D eigenvalue weighted by atomic mass is 10.0. The highest BCUT2D eigenvalue weighted by Gasteiger charge is 2.31. The van der Waals surface area contributed by atoms with Crippen molar-refractivity contribution in [3.8, 4) is 17.2 Å². The van der Waals surface area contributed by atoms with Gasteiger partial charge in [-0.25, -0.2) is 4.39 Å². The monoisotopic (exact) mass is 811 g/mol. The van der Waals surface area contributed by atoms with Crippen molar-refractivity contribution in [3.63, 3.8) is 0 Å². The fraction of sp³-hybridized carbons (Fsp3) is 0.489. The molecule has 14 heteroatoms. The Kier molecular flexibility index (Phi) is 14.1. The number of rotatable bonds is 16. The minimum atomic E-state index is -0.555. The maximum absolute atomic E-state index is 16.1. The van der Waals surface area contributed by atoms with Crippen LogP contribution in [-0.4, -0.2) is 111 Å². The molecule has 5 aromatic rings. The van der Waals surface area contributed by atoms with Crippen LogP contribution >= 0.6 is 0 Å². The van der Waals surface area contributed by atoms with Crippen molar-refractivity contribution in [1.82, 2.24) is 25.0 Å². The molecule has 4 N–H and O–H groups in total. The maximum Gasteiger partial charge on any atom is 0.256 e. The van der Waals surface area contributed by atoms with Crippen LogP contribution in [0.5, 0.6) is 11.5 Å². The van der Waals surface area contributed by atoms with Gasteiger partial charge in [-0.3, -0.25) is 19.3 Å². The van der Waals surface area contributed by atoms with Gasteiger partial charge in [-0.1, -0.05) is 38.0 Å². The van der Waals surface area contributed by atoms with Crippen molar-refractivity contribution >= 4 is 50.3 Å². The minimum absolute atomic E-state index is 0.0529. The molecule has 316 valence electrons. The summed E-state index contributed by atoms with van der Waals surface area (Å²) in [6, 6.07) is 12.8. The van der Waals surface area contributed by atoms with Crippen molar-refractivity contribution in [2.24, 2.45) is 5.73 Å². The predicted octanol–water partition coefficient (Wildman–Crippen LogP) is 6.15. The van der Waals surface area contributed by atoms with Gasteiger partial charge in [0.25, 0.3) is 5.91 Å². The molecule has 2 aromatic heterocycles. The highest BCUT2D eigenvalue weighted by atomic mass is 19.1. The molecule has 5 heterocycles. The molecular formula is C45H58FN7O6. The number of hydrogen-bond acceptors (Lipinski definition) is 10. The number of likely N-dealkylation sites (tertiary alicyclic amines) is 1. The number of pyridine rings is 1. The molecule has 0 saturated carbocycles. The standard InChI is InChI=1S/C35H37FN4O5.C10H21N3O/c1-3-5-13-39(4-2)32-26(36)18-24-31-34(32)45-30-19-23-22-9-6-7-10-28(22)44-29(23)20-27(30)40(31)21-25(33(24)41)35(42)37-11-8-12-38-14-16-43-17-15-38;11-10(14)4-5-12-6-9-13-7-2-1-3-8-13/h6-7,9-10,18-21H,3-5,8,11-17H2,1-2H3,(H,37,42);12H,1-9H2,(H2,11,14). The number of amides is 2. The van der Waals surface area contributed by atoms with Gasteiger partial charge in [-0.05, 0) is 70.4 Å². The van der Waals surface area contributed by atoms with Gasteiger partial charge in [0, 0.05) is 81.8 Å². The van der Waals surface area contributed by atoms with Crippen LogP contribution in [0.15, 0.2) is 57.9 Å². The Morgan fingerprint density at radius 2 is 1.66 bits per heavy atom. The van der Waals surface area contributed by atoms with E-state index in [4.69, 9.17) is 19.6 Å². The third-order valence-electron chi connectivity index (χ3n) is 11.5. The van der Waals surface area contributed by atoms with Crippen molar-refractivity contribution < 1.29 is 27.9 Å². The van der Waals surface area contributed by atoms with E-state index in [2.05, 4.69) is 27.4 Å². The van der Waals surface area contributed by atoms with E-state index in [0.29, 0.717) is 74.0 Å². The van der Waals surface area contributed by atoms with Gasteiger partial charge in [-0.2, -0.15) is 0 Å². The number of carbonyl (C=O) groups is 2. The fourth-order valence-corrected chi connectivity index (χ4v) is 8.24. The Balaban J connectivity index is 0.000000321. The molecule has 0 atom stereocenters. The van der Waals surface area contributed by atoms with Gasteiger partial charge >= 0.3 is 0 Å². The van der Waals surface area contributed by atoms with E-state index in [0.717, 1.165) is 68.3 Å². The van der Waals surface area contributed by atoms with Gasteiger partial charge in [-0.15, -0.1) is 0 Å². The average Bonchev–Trinajstić information content (AvgIpc) is 3.61. The highest BCUT2D eigenvalue weighted by Crippen LogP contribution is 2.48. The van der Waals surface area contributed by atoms with Crippen LogP contribution in [0, 0.1) is 5.82 Å². The lowest BCUT2D eigenvalue weighted by Gasteiger charge is -2.30. The molecule has 8 rings (SSSR count). The largest absolute Gasteiger partial charge is 0.456 e. The number of ether oxygens (including phenoxy) is 2. The third-order valence-corrected chi connectivity index (χ3v) is 11.5. The fourth-order valence-electron chi connectivity index (χ4n) is 8.24. The average molecular weight is 812 g/mol. The smallest absolute Gasteiger partial charge is 0.256 e. The van der Waals surface area contributed by atoms with E-state index >= 15 is 4.39 Å². The summed E-state index contributed by atoms with van der Waals surface area (Å²) in [5.74, 6) is -0.510. The first-order valence-corrected chi connectivity index (χ1v) is 21.4. The summed E-state index contributed by atoms with van der Waals surface area (Å²) in [5, 5.41) is 8.02. The normalized spacial score (nSPS) is 15.4. The number of nitrogens with zero attached hydrogens (tertiary/aromatic N) is 4. The number of primary amides is 1. The van der Waals surface area contributed by atoms with Crippen molar-refractivity contribution in [2.75, 3.05) is 90.1 Å². The van der Waals surface area contributed by atoms with E-state index in [1.54, 1.807) is 10.8 Å². The molecule has 0 radical (unpaired) electrons. The number of halogens is 1. The molecule has 2 amide bonds. The Bertz CT molecular complexity index is 2310.